The minimum Gasteiger partial charge on any atom is -0.456 e. The fourth-order valence-corrected chi connectivity index (χ4v) is 3.29. The summed E-state index contributed by atoms with van der Waals surface area (Å²) in [4.78, 5) is 25.9. The average molecular weight is 402 g/mol. The third-order valence-electron chi connectivity index (χ3n) is 4.79. The number of furan rings is 1. The number of hydrogen-bond donors (Lipinski definition) is 1. The number of benzene rings is 3. The van der Waals surface area contributed by atoms with Crippen molar-refractivity contribution in [1.82, 2.24) is 10.2 Å². The number of amides is 2. The van der Waals surface area contributed by atoms with Crippen LogP contribution in [0.25, 0.3) is 21.9 Å². The number of urea groups is 1. The zero-order valence-electron chi connectivity index (χ0n) is 16.6. The Morgan fingerprint density at radius 2 is 1.67 bits per heavy atom. The molecule has 0 unspecified atom stereocenters. The summed E-state index contributed by atoms with van der Waals surface area (Å²) in [5.74, 6) is 0.0414. The van der Waals surface area contributed by atoms with E-state index in [0.29, 0.717) is 12.3 Å². The van der Waals surface area contributed by atoms with Gasteiger partial charge in [-0.05, 0) is 29.8 Å². The van der Waals surface area contributed by atoms with Crippen LogP contribution in [0.3, 0.4) is 0 Å². The summed E-state index contributed by atoms with van der Waals surface area (Å²) in [5, 5.41) is 4.61. The van der Waals surface area contributed by atoms with Crippen LogP contribution in [-0.2, 0) is 11.3 Å². The van der Waals surface area contributed by atoms with Crippen molar-refractivity contribution < 1.29 is 18.7 Å². The van der Waals surface area contributed by atoms with Crippen molar-refractivity contribution in [2.24, 2.45) is 0 Å². The lowest BCUT2D eigenvalue weighted by Gasteiger charge is -2.17. The molecule has 30 heavy (non-hydrogen) atoms. The number of fused-ring (bicyclic) bond motifs is 3. The van der Waals surface area contributed by atoms with Crippen LogP contribution in [0.5, 0.6) is 5.75 Å². The Balaban J connectivity index is 1.29. The molecule has 0 saturated carbocycles. The second-order valence-electron chi connectivity index (χ2n) is 7.05. The summed E-state index contributed by atoms with van der Waals surface area (Å²) < 4.78 is 11.2. The average Bonchev–Trinajstić information content (AvgIpc) is 3.12. The van der Waals surface area contributed by atoms with Crippen LogP contribution < -0.4 is 10.1 Å². The first-order chi connectivity index (χ1) is 14.6. The molecule has 0 radical (unpaired) electrons. The van der Waals surface area contributed by atoms with Gasteiger partial charge in [0.1, 0.15) is 16.9 Å². The number of carbonyl (C=O) groups excluding carboxylic acids is 2. The van der Waals surface area contributed by atoms with Gasteiger partial charge in [0, 0.05) is 30.9 Å². The van der Waals surface area contributed by atoms with E-state index in [9.17, 15) is 9.59 Å². The smallest absolute Gasteiger partial charge is 0.317 e. The Labute approximate surface area is 174 Å². The standard InChI is InChI=1S/C24H22N2O4/c1-26(16-17-7-3-2-4-8-17)24(28)25-14-13-23(27)29-18-11-12-22-20(15-18)19-9-5-6-10-21(19)30-22/h2-12,15H,13-14,16H2,1H3,(H,25,28). The first-order valence-electron chi connectivity index (χ1n) is 9.75. The van der Waals surface area contributed by atoms with Gasteiger partial charge in [-0.25, -0.2) is 4.79 Å². The van der Waals surface area contributed by atoms with Gasteiger partial charge in [-0.15, -0.1) is 0 Å². The summed E-state index contributed by atoms with van der Waals surface area (Å²) in [6.45, 7) is 0.698. The van der Waals surface area contributed by atoms with E-state index in [1.807, 2.05) is 54.6 Å². The minimum absolute atomic E-state index is 0.0785. The molecule has 0 aliphatic carbocycles. The predicted octanol–water partition coefficient (Wildman–Crippen LogP) is 4.72. The molecule has 4 rings (SSSR count). The lowest BCUT2D eigenvalue weighted by atomic mass is 10.1. The highest BCUT2D eigenvalue weighted by molar-refractivity contribution is 6.05. The molecule has 0 aliphatic rings. The van der Waals surface area contributed by atoms with Crippen molar-refractivity contribution in [2.75, 3.05) is 13.6 Å². The van der Waals surface area contributed by atoms with Crippen molar-refractivity contribution in [3.05, 3.63) is 78.4 Å². The van der Waals surface area contributed by atoms with Gasteiger partial charge in [-0.2, -0.15) is 0 Å². The van der Waals surface area contributed by atoms with E-state index < -0.39 is 5.97 Å². The highest BCUT2D eigenvalue weighted by Gasteiger charge is 2.12. The van der Waals surface area contributed by atoms with Crippen LogP contribution in [0.15, 0.2) is 77.2 Å². The maximum atomic E-state index is 12.2. The number of nitrogens with zero attached hydrogens (tertiary/aromatic N) is 1. The third kappa shape index (κ3) is 4.43. The fourth-order valence-electron chi connectivity index (χ4n) is 3.29. The van der Waals surface area contributed by atoms with E-state index in [2.05, 4.69) is 5.32 Å². The summed E-state index contributed by atoms with van der Waals surface area (Å²) in [6.07, 6.45) is 0.0785. The molecular formula is C24H22N2O4. The largest absolute Gasteiger partial charge is 0.456 e. The molecule has 0 fully saturated rings. The lowest BCUT2D eigenvalue weighted by molar-refractivity contribution is -0.134. The molecule has 0 aliphatic heterocycles. The lowest BCUT2D eigenvalue weighted by Crippen LogP contribution is -2.38. The summed E-state index contributed by atoms with van der Waals surface area (Å²) in [5.41, 5.74) is 2.57. The van der Waals surface area contributed by atoms with Crippen molar-refractivity contribution in [2.45, 2.75) is 13.0 Å². The Morgan fingerprint density at radius 3 is 2.50 bits per heavy atom. The third-order valence-corrected chi connectivity index (χ3v) is 4.79. The monoisotopic (exact) mass is 402 g/mol. The van der Waals surface area contributed by atoms with Gasteiger partial charge in [-0.1, -0.05) is 48.5 Å². The maximum absolute atomic E-state index is 12.2. The van der Waals surface area contributed by atoms with Crippen LogP contribution in [-0.4, -0.2) is 30.5 Å². The normalized spacial score (nSPS) is 10.8. The number of ether oxygens (including phenoxy) is 1. The van der Waals surface area contributed by atoms with Gasteiger partial charge in [0.15, 0.2) is 0 Å². The Morgan fingerprint density at radius 1 is 0.933 bits per heavy atom. The molecule has 0 bridgehead atoms. The van der Waals surface area contributed by atoms with E-state index in [-0.39, 0.29) is 19.0 Å². The van der Waals surface area contributed by atoms with Crippen molar-refractivity contribution in [1.29, 1.82) is 0 Å². The molecule has 4 aromatic rings. The molecule has 6 nitrogen and oxygen atoms in total. The van der Waals surface area contributed by atoms with Gasteiger partial charge in [0.25, 0.3) is 0 Å². The molecule has 1 N–H and O–H groups in total. The number of esters is 1. The fraction of sp³-hybridized carbons (Fsp3) is 0.167. The topological polar surface area (TPSA) is 71.8 Å². The van der Waals surface area contributed by atoms with Crippen LogP contribution in [0.2, 0.25) is 0 Å². The number of carbonyl (C=O) groups is 2. The van der Waals surface area contributed by atoms with Gasteiger partial charge in [0.05, 0.1) is 6.42 Å². The van der Waals surface area contributed by atoms with E-state index in [0.717, 1.165) is 27.5 Å². The maximum Gasteiger partial charge on any atom is 0.317 e. The van der Waals surface area contributed by atoms with Gasteiger partial charge in [-0.3, -0.25) is 4.79 Å². The van der Waals surface area contributed by atoms with Crippen molar-refractivity contribution >= 4 is 33.9 Å². The molecule has 1 heterocycles. The van der Waals surface area contributed by atoms with Crippen molar-refractivity contribution in [3.63, 3.8) is 0 Å². The highest BCUT2D eigenvalue weighted by atomic mass is 16.5. The Bertz CT molecular complexity index is 1180. The Kier molecular flexibility index (Phi) is 5.66. The van der Waals surface area contributed by atoms with E-state index >= 15 is 0 Å². The second kappa shape index (κ2) is 8.69. The molecule has 0 atom stereocenters. The van der Waals surface area contributed by atoms with Gasteiger partial charge in [0.2, 0.25) is 0 Å². The predicted molar refractivity (Wildman–Crippen MR) is 115 cm³/mol. The molecule has 6 heteroatoms. The van der Waals surface area contributed by atoms with Crippen LogP contribution in [0, 0.1) is 0 Å². The zero-order chi connectivity index (χ0) is 20.9. The van der Waals surface area contributed by atoms with E-state index in [1.165, 1.54) is 0 Å². The van der Waals surface area contributed by atoms with Gasteiger partial charge >= 0.3 is 12.0 Å². The molecule has 1 aromatic heterocycles. The van der Waals surface area contributed by atoms with Crippen molar-refractivity contribution in [3.8, 4) is 5.75 Å². The molecule has 0 spiro atoms. The van der Waals surface area contributed by atoms with Gasteiger partial charge < -0.3 is 19.4 Å². The summed E-state index contributed by atoms with van der Waals surface area (Å²) in [7, 11) is 1.71. The minimum atomic E-state index is -0.409. The summed E-state index contributed by atoms with van der Waals surface area (Å²) >= 11 is 0. The number of para-hydroxylation sites is 1. The second-order valence-corrected chi connectivity index (χ2v) is 7.05. The van der Waals surface area contributed by atoms with Crippen LogP contribution in [0.1, 0.15) is 12.0 Å². The first kappa shape index (κ1) is 19.5. The van der Waals surface area contributed by atoms with Crippen LogP contribution in [0.4, 0.5) is 4.79 Å². The van der Waals surface area contributed by atoms with E-state index in [1.54, 1.807) is 30.1 Å². The molecule has 152 valence electrons. The number of nitrogens with one attached hydrogen (secondary N) is 1. The Hall–Kier alpha value is -3.80. The SMILES string of the molecule is CN(Cc1ccccc1)C(=O)NCCC(=O)Oc1ccc2oc3ccccc3c2c1. The number of hydrogen-bond acceptors (Lipinski definition) is 4. The zero-order valence-corrected chi connectivity index (χ0v) is 16.6. The van der Waals surface area contributed by atoms with E-state index in [4.69, 9.17) is 9.15 Å². The molecule has 0 saturated heterocycles. The molecule has 2 amide bonds. The summed E-state index contributed by atoms with van der Waals surface area (Å²) in [6, 6.07) is 22.5. The quantitative estimate of drug-likeness (QED) is 0.374. The van der Waals surface area contributed by atoms with Crippen LogP contribution >= 0.6 is 0 Å². The molecular weight excluding hydrogens is 380 g/mol. The first-order valence-corrected chi connectivity index (χ1v) is 9.75. The highest BCUT2D eigenvalue weighted by Crippen LogP contribution is 2.31. The molecule has 3 aromatic carbocycles. The number of rotatable bonds is 6.